The highest BCUT2D eigenvalue weighted by Gasteiger charge is 2.29. The van der Waals surface area contributed by atoms with Gasteiger partial charge in [-0.3, -0.25) is 20.2 Å². The molecule has 1 saturated carbocycles. The van der Waals surface area contributed by atoms with Gasteiger partial charge in [0.25, 0.3) is 0 Å². The molecule has 0 radical (unpaired) electrons. The lowest BCUT2D eigenvalue weighted by molar-refractivity contribution is -0.143. The predicted octanol–water partition coefficient (Wildman–Crippen LogP) is 4.64. The van der Waals surface area contributed by atoms with Crippen molar-refractivity contribution >= 4 is 23.4 Å². The summed E-state index contributed by atoms with van der Waals surface area (Å²) in [5.41, 5.74) is 5.12. The monoisotopic (exact) mass is 413 g/mol. The number of aryl methyl sites for hydroxylation is 1. The lowest BCUT2D eigenvalue weighted by Gasteiger charge is -2.22. The number of carbonyl (C=O) groups is 1. The van der Waals surface area contributed by atoms with Gasteiger partial charge in [-0.2, -0.15) is 0 Å². The molecule has 2 N–H and O–H groups in total. The Bertz CT molecular complexity index is 992. The number of halogens is 1. The van der Waals surface area contributed by atoms with E-state index < -0.39 is 0 Å². The zero-order valence-electron chi connectivity index (χ0n) is 17.2. The van der Waals surface area contributed by atoms with Crippen molar-refractivity contribution in [2.45, 2.75) is 51.8 Å². The third-order valence-corrected chi connectivity index (χ3v) is 5.91. The van der Waals surface area contributed by atoms with Gasteiger partial charge in [0.05, 0.1) is 13.0 Å². The second kappa shape index (κ2) is 8.95. The lowest BCUT2D eigenvalue weighted by Crippen LogP contribution is -2.30. The number of carbonyl (C=O) groups excluding carboxylic acids is 1. The molecule has 0 bridgehead atoms. The fraction of sp³-hybridized carbons (Fsp3) is 0.435. The summed E-state index contributed by atoms with van der Waals surface area (Å²) in [5.74, 6) is 0.644. The number of hydrogen-bond acceptors (Lipinski definition) is 4. The number of alkyl halides is 1. The summed E-state index contributed by atoms with van der Waals surface area (Å²) in [4.78, 5) is 12.4. The minimum Gasteiger partial charge on any atom is -0.466 e. The average Bonchev–Trinajstić information content (AvgIpc) is 3.54. The molecule has 1 aliphatic rings. The maximum atomic E-state index is 12.4. The van der Waals surface area contributed by atoms with Crippen molar-refractivity contribution in [1.29, 1.82) is 10.8 Å². The smallest absolute Gasteiger partial charge is 0.306 e. The summed E-state index contributed by atoms with van der Waals surface area (Å²) in [5, 5.41) is 16.9. The molecule has 154 valence electrons. The van der Waals surface area contributed by atoms with E-state index in [1.165, 1.54) is 0 Å². The summed E-state index contributed by atoms with van der Waals surface area (Å²) in [7, 11) is 0. The van der Waals surface area contributed by atoms with Crippen molar-refractivity contribution in [3.05, 3.63) is 63.8 Å². The van der Waals surface area contributed by atoms with Crippen LogP contribution in [0.1, 0.15) is 59.9 Å². The van der Waals surface area contributed by atoms with Gasteiger partial charge in [0.1, 0.15) is 11.3 Å². The third-order valence-electron chi connectivity index (χ3n) is 5.63. The predicted molar refractivity (Wildman–Crippen MR) is 115 cm³/mol. The van der Waals surface area contributed by atoms with Gasteiger partial charge in [0, 0.05) is 23.9 Å². The molecule has 6 heteroatoms. The number of esters is 1. The minimum absolute atomic E-state index is 0.197. The van der Waals surface area contributed by atoms with Crippen molar-refractivity contribution in [3.63, 3.8) is 0 Å². The standard InChI is InChI=1S/C23H28ClN3O2/c1-4-29-21(28)12-20(17-6-5-14(2)18(11-17)13-24)19-9-10-27(22(25)15(19)3)23(26)16-7-8-16/h5-6,9-11,16,20,25-26H,4,7-8,12-13H2,1-3H3. The normalized spacial score (nSPS) is 14.5. The summed E-state index contributed by atoms with van der Waals surface area (Å²) in [6, 6.07) is 8.02. The van der Waals surface area contributed by atoms with Crippen LogP contribution in [-0.4, -0.2) is 23.0 Å². The maximum absolute atomic E-state index is 12.4. The quantitative estimate of drug-likeness (QED) is 0.300. The van der Waals surface area contributed by atoms with Crippen LogP contribution >= 0.6 is 11.6 Å². The minimum atomic E-state index is -0.265. The Morgan fingerprint density at radius 1 is 1.31 bits per heavy atom. The first-order valence-electron chi connectivity index (χ1n) is 10.0. The Balaban J connectivity index is 2.06. The molecule has 2 aromatic rings. The number of rotatable bonds is 7. The van der Waals surface area contributed by atoms with Crippen LogP contribution in [-0.2, 0) is 15.4 Å². The molecule has 1 unspecified atom stereocenters. The van der Waals surface area contributed by atoms with Gasteiger partial charge < -0.3 is 4.74 Å². The highest BCUT2D eigenvalue weighted by atomic mass is 35.5. The van der Waals surface area contributed by atoms with E-state index in [1.807, 2.05) is 38.1 Å². The summed E-state index contributed by atoms with van der Waals surface area (Å²) in [6.07, 6.45) is 4.02. The first-order valence-corrected chi connectivity index (χ1v) is 10.6. The SMILES string of the molecule is CCOC(=O)CC(c1ccc(C)c(CCl)c1)c1ccn(C(=N)C2CC2)c(=N)c1C. The van der Waals surface area contributed by atoms with Gasteiger partial charge in [-0.1, -0.05) is 18.2 Å². The number of pyridine rings is 1. The number of ether oxygens (including phenoxy) is 1. The van der Waals surface area contributed by atoms with E-state index in [0.717, 1.165) is 40.7 Å². The molecule has 0 spiro atoms. The van der Waals surface area contributed by atoms with Gasteiger partial charge in [0.15, 0.2) is 0 Å². The Labute approximate surface area is 176 Å². The van der Waals surface area contributed by atoms with Crippen LogP contribution < -0.4 is 5.49 Å². The Kier molecular flexibility index (Phi) is 6.58. The molecule has 1 aromatic heterocycles. The molecule has 0 aliphatic heterocycles. The molecule has 1 atom stereocenters. The molecule has 1 heterocycles. The fourth-order valence-corrected chi connectivity index (χ4v) is 3.94. The summed E-state index contributed by atoms with van der Waals surface area (Å²) >= 11 is 6.11. The van der Waals surface area contributed by atoms with E-state index in [0.29, 0.717) is 23.8 Å². The Morgan fingerprint density at radius 2 is 2.03 bits per heavy atom. The largest absolute Gasteiger partial charge is 0.466 e. The van der Waals surface area contributed by atoms with Gasteiger partial charge in [-0.15, -0.1) is 11.6 Å². The topological polar surface area (TPSA) is 78.9 Å². The molecular formula is C23H28ClN3O2. The number of hydrogen-bond donors (Lipinski definition) is 2. The van der Waals surface area contributed by atoms with Crippen LogP contribution in [0.2, 0.25) is 0 Å². The summed E-state index contributed by atoms with van der Waals surface area (Å²) in [6.45, 7) is 6.04. The number of benzene rings is 1. The summed E-state index contributed by atoms with van der Waals surface area (Å²) < 4.78 is 6.87. The Hall–Kier alpha value is -2.40. The Morgan fingerprint density at radius 3 is 2.66 bits per heavy atom. The van der Waals surface area contributed by atoms with Crippen LogP contribution in [0, 0.1) is 30.6 Å². The second-order valence-corrected chi connectivity index (χ2v) is 7.92. The highest BCUT2D eigenvalue weighted by molar-refractivity contribution is 6.17. The van der Waals surface area contributed by atoms with Crippen LogP contribution in [0.15, 0.2) is 30.5 Å². The van der Waals surface area contributed by atoms with Crippen LogP contribution in [0.25, 0.3) is 0 Å². The second-order valence-electron chi connectivity index (χ2n) is 7.66. The van der Waals surface area contributed by atoms with E-state index in [4.69, 9.17) is 27.2 Å². The molecule has 1 aromatic carbocycles. The zero-order valence-corrected chi connectivity index (χ0v) is 18.0. The molecule has 29 heavy (non-hydrogen) atoms. The zero-order chi connectivity index (χ0) is 21.1. The first-order chi connectivity index (χ1) is 13.9. The molecule has 1 fully saturated rings. The van der Waals surface area contributed by atoms with Gasteiger partial charge >= 0.3 is 5.97 Å². The van der Waals surface area contributed by atoms with Gasteiger partial charge in [-0.25, -0.2) is 0 Å². The molecular weight excluding hydrogens is 386 g/mol. The molecule has 0 amide bonds. The number of nitrogens with zero attached hydrogens (tertiary/aromatic N) is 1. The van der Waals surface area contributed by atoms with E-state index >= 15 is 0 Å². The van der Waals surface area contributed by atoms with Crippen molar-refractivity contribution in [2.24, 2.45) is 5.92 Å². The number of aromatic nitrogens is 1. The van der Waals surface area contributed by atoms with Crippen molar-refractivity contribution in [2.75, 3.05) is 6.61 Å². The molecule has 0 saturated heterocycles. The van der Waals surface area contributed by atoms with Crippen molar-refractivity contribution in [3.8, 4) is 0 Å². The third kappa shape index (κ3) is 4.61. The molecule has 5 nitrogen and oxygen atoms in total. The van der Waals surface area contributed by atoms with Crippen LogP contribution in [0.5, 0.6) is 0 Å². The maximum Gasteiger partial charge on any atom is 0.306 e. The van der Waals surface area contributed by atoms with Crippen molar-refractivity contribution < 1.29 is 9.53 Å². The molecule has 3 rings (SSSR count). The van der Waals surface area contributed by atoms with Gasteiger partial charge in [-0.05, 0) is 67.5 Å². The molecule has 1 aliphatic carbocycles. The van der Waals surface area contributed by atoms with E-state index in [1.54, 1.807) is 17.7 Å². The average molecular weight is 414 g/mol. The van der Waals surface area contributed by atoms with Crippen molar-refractivity contribution in [1.82, 2.24) is 4.57 Å². The highest BCUT2D eigenvalue weighted by Crippen LogP contribution is 2.33. The van der Waals surface area contributed by atoms with E-state index in [-0.39, 0.29) is 24.2 Å². The first kappa shape index (κ1) is 21.3. The fourth-order valence-electron chi connectivity index (χ4n) is 3.65. The number of nitrogens with one attached hydrogen (secondary N) is 2. The van der Waals surface area contributed by atoms with Crippen LogP contribution in [0.4, 0.5) is 0 Å². The van der Waals surface area contributed by atoms with Gasteiger partial charge in [0.2, 0.25) is 0 Å². The lowest BCUT2D eigenvalue weighted by atomic mass is 9.85. The van der Waals surface area contributed by atoms with E-state index in [9.17, 15) is 4.79 Å². The van der Waals surface area contributed by atoms with Crippen LogP contribution in [0.3, 0.4) is 0 Å². The van der Waals surface area contributed by atoms with E-state index in [2.05, 4.69) is 0 Å².